The first-order valence-corrected chi connectivity index (χ1v) is 8.64. The quantitative estimate of drug-likeness (QED) is 0.462. The zero-order valence-electron chi connectivity index (χ0n) is 11.2. The molecule has 0 amide bonds. The van der Waals surface area contributed by atoms with E-state index < -0.39 is 14.9 Å². The maximum absolute atomic E-state index is 12.5. The average Bonchev–Trinajstić information content (AvgIpc) is 3.29. The van der Waals surface area contributed by atoms with Crippen molar-refractivity contribution in [1.82, 2.24) is 4.31 Å². The topological polar surface area (TPSA) is 80.3 Å². The van der Waals surface area contributed by atoms with Gasteiger partial charge in [0.15, 0.2) is 0 Å². The van der Waals surface area contributed by atoms with Crippen molar-refractivity contribution in [2.75, 3.05) is 6.54 Å². The summed E-state index contributed by atoms with van der Waals surface area (Å²) in [6.07, 6.45) is 0. The van der Waals surface area contributed by atoms with Gasteiger partial charge in [0.2, 0.25) is 10.0 Å². The van der Waals surface area contributed by atoms with Crippen molar-refractivity contribution in [2.24, 2.45) is 0 Å². The van der Waals surface area contributed by atoms with Crippen LogP contribution in [0.5, 0.6) is 0 Å². The van der Waals surface area contributed by atoms with E-state index in [1.165, 1.54) is 28.6 Å². The van der Waals surface area contributed by atoms with E-state index in [9.17, 15) is 18.5 Å². The van der Waals surface area contributed by atoms with Crippen LogP contribution in [0.4, 0.5) is 5.69 Å². The van der Waals surface area contributed by atoms with Gasteiger partial charge in [0, 0.05) is 23.2 Å². The van der Waals surface area contributed by atoms with E-state index in [0.29, 0.717) is 12.1 Å². The molecule has 2 aromatic rings. The molecule has 8 heteroatoms. The molecule has 1 aliphatic rings. The smallest absolute Gasteiger partial charge is 0.258 e. The summed E-state index contributed by atoms with van der Waals surface area (Å²) in [6.45, 7) is 0.333. The van der Waals surface area contributed by atoms with Gasteiger partial charge in [0.05, 0.1) is 15.9 Å². The minimum atomic E-state index is -3.57. The van der Waals surface area contributed by atoms with Crippen molar-refractivity contribution in [2.45, 2.75) is 10.9 Å². The highest BCUT2D eigenvalue weighted by molar-refractivity contribution is 9.10. The van der Waals surface area contributed by atoms with Crippen LogP contribution in [0.3, 0.4) is 0 Å². The van der Waals surface area contributed by atoms with Crippen LogP contribution in [0.2, 0.25) is 0 Å². The lowest BCUT2D eigenvalue weighted by molar-refractivity contribution is -0.384. The molecule has 0 aromatic heterocycles. The molecule has 0 aliphatic carbocycles. The van der Waals surface area contributed by atoms with Gasteiger partial charge in [0.25, 0.3) is 5.69 Å². The number of nitro groups is 1. The molecule has 1 heterocycles. The Kier molecular flexibility index (Phi) is 3.75. The van der Waals surface area contributed by atoms with Gasteiger partial charge < -0.3 is 0 Å². The lowest BCUT2D eigenvalue weighted by Gasteiger charge is -2.06. The van der Waals surface area contributed by atoms with E-state index in [1.807, 2.05) is 0 Å². The van der Waals surface area contributed by atoms with Gasteiger partial charge >= 0.3 is 0 Å². The number of sulfonamides is 1. The Morgan fingerprint density at radius 3 is 2.50 bits per heavy atom. The van der Waals surface area contributed by atoms with E-state index in [2.05, 4.69) is 15.9 Å². The van der Waals surface area contributed by atoms with Crippen LogP contribution in [0.25, 0.3) is 0 Å². The molecule has 3 rings (SSSR count). The summed E-state index contributed by atoms with van der Waals surface area (Å²) in [5.74, 6) is 0. The molecule has 1 fully saturated rings. The summed E-state index contributed by atoms with van der Waals surface area (Å²) in [6, 6.07) is 12.1. The largest absolute Gasteiger partial charge is 0.269 e. The molecule has 1 saturated heterocycles. The highest BCUT2D eigenvalue weighted by atomic mass is 79.9. The van der Waals surface area contributed by atoms with E-state index >= 15 is 0 Å². The van der Waals surface area contributed by atoms with Crippen LogP contribution in [-0.2, 0) is 10.0 Å². The van der Waals surface area contributed by atoms with Crippen molar-refractivity contribution in [1.29, 1.82) is 0 Å². The third-order valence-electron chi connectivity index (χ3n) is 3.45. The van der Waals surface area contributed by atoms with Gasteiger partial charge in [-0.15, -0.1) is 0 Å². The minimum absolute atomic E-state index is 0.0367. The lowest BCUT2D eigenvalue weighted by Crippen LogP contribution is -2.12. The molecule has 0 bridgehead atoms. The van der Waals surface area contributed by atoms with Crippen LogP contribution >= 0.6 is 15.9 Å². The van der Waals surface area contributed by atoms with Crippen molar-refractivity contribution in [3.63, 3.8) is 0 Å². The Balaban J connectivity index is 1.86. The van der Waals surface area contributed by atoms with Crippen LogP contribution < -0.4 is 0 Å². The average molecular weight is 383 g/mol. The lowest BCUT2D eigenvalue weighted by atomic mass is 10.1. The summed E-state index contributed by atoms with van der Waals surface area (Å²) >= 11 is 3.26. The third-order valence-corrected chi connectivity index (χ3v) is 5.87. The van der Waals surface area contributed by atoms with Crippen molar-refractivity contribution < 1.29 is 13.3 Å². The van der Waals surface area contributed by atoms with E-state index in [-0.39, 0.29) is 16.6 Å². The van der Waals surface area contributed by atoms with Crippen molar-refractivity contribution in [3.8, 4) is 0 Å². The number of rotatable bonds is 4. The Morgan fingerprint density at radius 1 is 1.18 bits per heavy atom. The van der Waals surface area contributed by atoms with Gasteiger partial charge in [-0.3, -0.25) is 10.1 Å². The number of nitro benzene ring substituents is 1. The number of non-ortho nitro benzene ring substituents is 1. The predicted octanol–water partition coefficient (Wildman–Crippen LogP) is 3.10. The first-order valence-electron chi connectivity index (χ1n) is 6.41. The molecule has 22 heavy (non-hydrogen) atoms. The first kappa shape index (κ1) is 15.1. The summed E-state index contributed by atoms with van der Waals surface area (Å²) in [5.41, 5.74) is 0.597. The van der Waals surface area contributed by atoms with Crippen LogP contribution in [-0.4, -0.2) is 24.2 Å². The fraction of sp³-hybridized carbons (Fsp3) is 0.143. The molecule has 2 unspecified atom stereocenters. The Labute approximate surface area is 135 Å². The van der Waals surface area contributed by atoms with Gasteiger partial charge in [-0.2, -0.15) is 4.31 Å². The van der Waals surface area contributed by atoms with Gasteiger partial charge in [0.1, 0.15) is 0 Å². The maximum Gasteiger partial charge on any atom is 0.269 e. The van der Waals surface area contributed by atoms with Crippen LogP contribution in [0, 0.1) is 10.1 Å². The molecule has 0 radical (unpaired) electrons. The summed E-state index contributed by atoms with van der Waals surface area (Å²) < 4.78 is 27.1. The number of hydrogen-bond acceptors (Lipinski definition) is 4. The van der Waals surface area contributed by atoms with E-state index in [0.717, 1.165) is 4.47 Å². The number of hydrogen-bond donors (Lipinski definition) is 0. The number of nitrogens with zero attached hydrogens (tertiary/aromatic N) is 2. The zero-order chi connectivity index (χ0) is 15.9. The SMILES string of the molecule is O=[N+]([O-])c1cccc(C2CN2S(=O)(=O)c2ccc(Br)cc2)c1. The first-order chi connectivity index (χ1) is 10.4. The Hall–Kier alpha value is -1.77. The van der Waals surface area contributed by atoms with Crippen LogP contribution in [0.1, 0.15) is 11.6 Å². The highest BCUT2D eigenvalue weighted by Crippen LogP contribution is 2.41. The molecule has 6 nitrogen and oxygen atoms in total. The molecule has 0 N–H and O–H groups in total. The molecule has 2 atom stereocenters. The van der Waals surface area contributed by atoms with Crippen LogP contribution in [0.15, 0.2) is 57.9 Å². The fourth-order valence-electron chi connectivity index (χ4n) is 2.25. The molecule has 114 valence electrons. The van der Waals surface area contributed by atoms with Gasteiger partial charge in [-0.05, 0) is 29.8 Å². The standard InChI is InChI=1S/C14H11BrN2O4S/c15-11-4-6-13(7-5-11)22(20,21)16-9-14(16)10-2-1-3-12(8-10)17(18)19/h1-8,14H,9H2. The predicted molar refractivity (Wildman–Crippen MR) is 83.9 cm³/mol. The molecule has 1 aliphatic heterocycles. The van der Waals surface area contributed by atoms with E-state index in [4.69, 9.17) is 0 Å². The fourth-order valence-corrected chi connectivity index (χ4v) is 4.06. The minimum Gasteiger partial charge on any atom is -0.258 e. The normalized spacial score (nSPS) is 20.6. The zero-order valence-corrected chi connectivity index (χ0v) is 13.6. The molecular formula is C14H11BrN2O4S. The number of benzene rings is 2. The Morgan fingerprint density at radius 2 is 1.86 bits per heavy atom. The number of halogens is 1. The second kappa shape index (κ2) is 5.45. The monoisotopic (exact) mass is 382 g/mol. The van der Waals surface area contributed by atoms with Crippen molar-refractivity contribution >= 4 is 31.6 Å². The molecule has 0 spiro atoms. The van der Waals surface area contributed by atoms with Crippen molar-refractivity contribution in [3.05, 3.63) is 68.7 Å². The molecule has 0 saturated carbocycles. The Bertz CT molecular complexity index is 836. The van der Waals surface area contributed by atoms with E-state index in [1.54, 1.807) is 24.3 Å². The summed E-state index contributed by atoms with van der Waals surface area (Å²) in [7, 11) is -3.57. The molecular weight excluding hydrogens is 372 g/mol. The second-order valence-corrected chi connectivity index (χ2v) is 7.70. The summed E-state index contributed by atoms with van der Waals surface area (Å²) in [5, 5.41) is 10.8. The van der Waals surface area contributed by atoms with Gasteiger partial charge in [-0.25, -0.2) is 8.42 Å². The summed E-state index contributed by atoms with van der Waals surface area (Å²) in [4.78, 5) is 10.5. The third kappa shape index (κ3) is 2.77. The van der Waals surface area contributed by atoms with Gasteiger partial charge in [-0.1, -0.05) is 28.1 Å². The second-order valence-electron chi connectivity index (χ2n) is 4.90. The highest BCUT2D eigenvalue weighted by Gasteiger charge is 2.45. The maximum atomic E-state index is 12.5. The molecule has 2 aromatic carbocycles.